The van der Waals surface area contributed by atoms with Crippen LogP contribution in [0.2, 0.25) is 0 Å². The van der Waals surface area contributed by atoms with Gasteiger partial charge in [-0.25, -0.2) is 4.98 Å². The molecule has 1 amide bonds. The van der Waals surface area contributed by atoms with Gasteiger partial charge < -0.3 is 10.6 Å². The second-order valence-electron chi connectivity index (χ2n) is 4.95. The number of aromatic nitrogens is 1. The van der Waals surface area contributed by atoms with Crippen LogP contribution in [0.4, 0.5) is 0 Å². The third-order valence-electron chi connectivity index (χ3n) is 3.61. The van der Waals surface area contributed by atoms with Crippen LogP contribution in [0, 0.1) is 6.92 Å². The van der Waals surface area contributed by atoms with Crippen molar-refractivity contribution in [3.63, 3.8) is 0 Å². The van der Waals surface area contributed by atoms with E-state index >= 15 is 0 Å². The Kier molecular flexibility index (Phi) is 3.80. The van der Waals surface area contributed by atoms with Crippen LogP contribution in [-0.4, -0.2) is 17.4 Å². The minimum atomic E-state index is -0.0221. The molecule has 0 spiro atoms. The number of hydrogen-bond donors (Lipinski definition) is 2. The minimum Gasteiger partial charge on any atom is -0.347 e. The quantitative estimate of drug-likeness (QED) is 0.908. The molecule has 0 saturated carbocycles. The molecule has 1 aliphatic heterocycles. The van der Waals surface area contributed by atoms with Gasteiger partial charge >= 0.3 is 0 Å². The Bertz CT molecular complexity index is 636. The first-order valence-electron chi connectivity index (χ1n) is 6.74. The van der Waals surface area contributed by atoms with Crippen LogP contribution >= 0.6 is 11.3 Å². The molecule has 5 heteroatoms. The third kappa shape index (κ3) is 2.73. The van der Waals surface area contributed by atoms with Crippen molar-refractivity contribution in [2.75, 3.05) is 6.54 Å². The van der Waals surface area contributed by atoms with E-state index in [1.165, 1.54) is 11.1 Å². The molecule has 1 aliphatic rings. The molecule has 2 aromatic rings. The number of rotatable bonds is 3. The zero-order chi connectivity index (χ0) is 13.9. The zero-order valence-corrected chi connectivity index (χ0v) is 12.2. The number of fused-ring (bicyclic) bond motifs is 1. The standard InChI is InChI=1S/C15H17N3OS/c1-10-14(20-9-18-10)8-17-15(19)12-3-2-11-4-5-16-7-13(11)6-12/h2-3,6,9,16H,4-5,7-8H2,1H3,(H,17,19). The number of aryl methyl sites for hydroxylation is 1. The lowest BCUT2D eigenvalue weighted by atomic mass is 9.98. The summed E-state index contributed by atoms with van der Waals surface area (Å²) in [4.78, 5) is 17.5. The number of amides is 1. The summed E-state index contributed by atoms with van der Waals surface area (Å²) in [5, 5.41) is 6.29. The van der Waals surface area contributed by atoms with E-state index in [4.69, 9.17) is 0 Å². The van der Waals surface area contributed by atoms with Crippen molar-refractivity contribution < 1.29 is 4.79 Å². The number of thiazole rings is 1. The van der Waals surface area contributed by atoms with Gasteiger partial charge in [-0.1, -0.05) is 6.07 Å². The molecule has 0 radical (unpaired) electrons. The SMILES string of the molecule is Cc1ncsc1CNC(=O)c1ccc2c(c1)CNCC2. The molecule has 4 nitrogen and oxygen atoms in total. The molecule has 104 valence electrons. The monoisotopic (exact) mass is 287 g/mol. The van der Waals surface area contributed by atoms with Gasteiger partial charge in [0.1, 0.15) is 0 Å². The van der Waals surface area contributed by atoms with Crippen LogP contribution in [0.15, 0.2) is 23.7 Å². The van der Waals surface area contributed by atoms with Crippen LogP contribution in [0.3, 0.4) is 0 Å². The first-order valence-corrected chi connectivity index (χ1v) is 7.61. The fraction of sp³-hybridized carbons (Fsp3) is 0.333. The van der Waals surface area contributed by atoms with Gasteiger partial charge in [0, 0.05) is 17.0 Å². The fourth-order valence-corrected chi connectivity index (χ4v) is 3.10. The van der Waals surface area contributed by atoms with E-state index in [0.29, 0.717) is 6.54 Å². The highest BCUT2D eigenvalue weighted by molar-refractivity contribution is 7.09. The molecule has 0 aliphatic carbocycles. The highest BCUT2D eigenvalue weighted by atomic mass is 32.1. The largest absolute Gasteiger partial charge is 0.347 e. The van der Waals surface area contributed by atoms with Crippen molar-refractivity contribution >= 4 is 17.2 Å². The van der Waals surface area contributed by atoms with E-state index in [2.05, 4.69) is 21.7 Å². The Labute approximate surface area is 122 Å². The average Bonchev–Trinajstić information content (AvgIpc) is 2.89. The first kappa shape index (κ1) is 13.3. The van der Waals surface area contributed by atoms with Gasteiger partial charge in [-0.05, 0) is 43.1 Å². The summed E-state index contributed by atoms with van der Waals surface area (Å²) in [6.45, 7) is 4.38. The van der Waals surface area contributed by atoms with Gasteiger partial charge in [-0.15, -0.1) is 11.3 Å². The number of carbonyl (C=O) groups is 1. The summed E-state index contributed by atoms with van der Waals surface area (Å²) in [5.74, 6) is -0.0221. The van der Waals surface area contributed by atoms with Crippen molar-refractivity contribution in [2.45, 2.75) is 26.4 Å². The molecule has 20 heavy (non-hydrogen) atoms. The molecule has 0 atom stereocenters. The summed E-state index contributed by atoms with van der Waals surface area (Å²) in [5.41, 5.74) is 6.11. The van der Waals surface area contributed by atoms with E-state index in [-0.39, 0.29) is 5.91 Å². The van der Waals surface area contributed by atoms with E-state index in [1.54, 1.807) is 16.8 Å². The molecule has 0 unspecified atom stereocenters. The lowest BCUT2D eigenvalue weighted by molar-refractivity contribution is 0.0951. The van der Waals surface area contributed by atoms with E-state index in [9.17, 15) is 4.79 Å². The molecule has 1 aromatic carbocycles. The van der Waals surface area contributed by atoms with E-state index < -0.39 is 0 Å². The van der Waals surface area contributed by atoms with Gasteiger partial charge in [0.15, 0.2) is 0 Å². The number of hydrogen-bond acceptors (Lipinski definition) is 4. The van der Waals surface area contributed by atoms with Crippen molar-refractivity contribution in [3.05, 3.63) is 51.0 Å². The highest BCUT2D eigenvalue weighted by Gasteiger charge is 2.12. The van der Waals surface area contributed by atoms with Gasteiger partial charge in [-0.3, -0.25) is 4.79 Å². The second-order valence-corrected chi connectivity index (χ2v) is 5.89. The Morgan fingerprint density at radius 3 is 3.15 bits per heavy atom. The predicted octanol–water partition coefficient (Wildman–Crippen LogP) is 2.03. The van der Waals surface area contributed by atoms with Crippen LogP contribution < -0.4 is 10.6 Å². The number of benzene rings is 1. The Hall–Kier alpha value is -1.72. The van der Waals surface area contributed by atoms with Crippen LogP contribution in [0.1, 0.15) is 32.1 Å². The van der Waals surface area contributed by atoms with E-state index in [1.807, 2.05) is 19.1 Å². The summed E-state index contributed by atoms with van der Waals surface area (Å²) < 4.78 is 0. The summed E-state index contributed by atoms with van der Waals surface area (Å²) in [6, 6.07) is 5.98. The van der Waals surface area contributed by atoms with Crippen molar-refractivity contribution in [2.24, 2.45) is 0 Å². The smallest absolute Gasteiger partial charge is 0.251 e. The maximum absolute atomic E-state index is 12.2. The first-order chi connectivity index (χ1) is 9.74. The molecular weight excluding hydrogens is 270 g/mol. The summed E-state index contributed by atoms with van der Waals surface area (Å²) >= 11 is 1.57. The van der Waals surface area contributed by atoms with Crippen LogP contribution in [0.5, 0.6) is 0 Å². The molecule has 0 saturated heterocycles. The van der Waals surface area contributed by atoms with E-state index in [0.717, 1.165) is 35.6 Å². The lowest BCUT2D eigenvalue weighted by Gasteiger charge is -2.17. The summed E-state index contributed by atoms with van der Waals surface area (Å²) in [7, 11) is 0. The van der Waals surface area contributed by atoms with Crippen LogP contribution in [-0.2, 0) is 19.5 Å². The Morgan fingerprint density at radius 2 is 2.35 bits per heavy atom. The van der Waals surface area contributed by atoms with Gasteiger partial charge in [0.2, 0.25) is 0 Å². The maximum atomic E-state index is 12.2. The van der Waals surface area contributed by atoms with Crippen molar-refractivity contribution in [1.29, 1.82) is 0 Å². The fourth-order valence-electron chi connectivity index (χ4n) is 2.38. The molecule has 0 fully saturated rings. The minimum absolute atomic E-state index is 0.0221. The topological polar surface area (TPSA) is 54.0 Å². The van der Waals surface area contributed by atoms with Gasteiger partial charge in [0.25, 0.3) is 5.91 Å². The Balaban J connectivity index is 1.69. The number of carbonyl (C=O) groups excluding carboxylic acids is 1. The molecule has 3 rings (SSSR count). The molecule has 2 heterocycles. The Morgan fingerprint density at radius 1 is 1.45 bits per heavy atom. The summed E-state index contributed by atoms with van der Waals surface area (Å²) in [6.07, 6.45) is 1.04. The van der Waals surface area contributed by atoms with Crippen LogP contribution in [0.25, 0.3) is 0 Å². The number of nitrogens with one attached hydrogen (secondary N) is 2. The normalized spacial score (nSPS) is 13.8. The van der Waals surface area contributed by atoms with Crippen molar-refractivity contribution in [1.82, 2.24) is 15.6 Å². The number of nitrogens with zero attached hydrogens (tertiary/aromatic N) is 1. The highest BCUT2D eigenvalue weighted by Crippen LogP contribution is 2.16. The molecular formula is C15H17N3OS. The predicted molar refractivity (Wildman–Crippen MR) is 79.9 cm³/mol. The van der Waals surface area contributed by atoms with Crippen molar-refractivity contribution in [3.8, 4) is 0 Å². The zero-order valence-electron chi connectivity index (χ0n) is 11.4. The van der Waals surface area contributed by atoms with Gasteiger partial charge in [-0.2, -0.15) is 0 Å². The molecule has 2 N–H and O–H groups in total. The maximum Gasteiger partial charge on any atom is 0.251 e. The lowest BCUT2D eigenvalue weighted by Crippen LogP contribution is -2.26. The molecule has 1 aromatic heterocycles. The molecule has 0 bridgehead atoms. The second kappa shape index (κ2) is 5.73. The third-order valence-corrected chi connectivity index (χ3v) is 4.54. The average molecular weight is 287 g/mol. The van der Waals surface area contributed by atoms with Gasteiger partial charge in [0.05, 0.1) is 17.7 Å².